The fourth-order valence-corrected chi connectivity index (χ4v) is 3.01. The molecule has 3 nitrogen and oxygen atoms in total. The monoisotopic (exact) mass is 226 g/mol. The molecule has 2 unspecified atom stereocenters. The predicted octanol–water partition coefficient (Wildman–Crippen LogP) is 1.61. The van der Waals surface area contributed by atoms with Crippen molar-refractivity contribution in [1.82, 2.24) is 4.90 Å². The van der Waals surface area contributed by atoms with Crippen molar-refractivity contribution >= 4 is 0 Å². The summed E-state index contributed by atoms with van der Waals surface area (Å²) in [5, 5.41) is 0. The van der Waals surface area contributed by atoms with Crippen LogP contribution in [0.5, 0.6) is 0 Å². The Kier molecular flexibility index (Phi) is 3.88. The highest BCUT2D eigenvalue weighted by Crippen LogP contribution is 2.43. The second-order valence-electron chi connectivity index (χ2n) is 5.81. The lowest BCUT2D eigenvalue weighted by Crippen LogP contribution is -2.52. The van der Waals surface area contributed by atoms with Crippen molar-refractivity contribution in [2.24, 2.45) is 11.7 Å². The van der Waals surface area contributed by atoms with Gasteiger partial charge in [-0.15, -0.1) is 0 Å². The van der Waals surface area contributed by atoms with Crippen LogP contribution in [-0.4, -0.2) is 43.3 Å². The van der Waals surface area contributed by atoms with Crippen molar-refractivity contribution in [3.05, 3.63) is 0 Å². The Morgan fingerprint density at radius 1 is 1.50 bits per heavy atom. The van der Waals surface area contributed by atoms with E-state index in [1.54, 1.807) is 0 Å². The van der Waals surface area contributed by atoms with Gasteiger partial charge in [0, 0.05) is 19.2 Å². The molecule has 1 saturated heterocycles. The third kappa shape index (κ3) is 2.58. The molecule has 0 aromatic rings. The molecule has 0 radical (unpaired) electrons. The van der Waals surface area contributed by atoms with Crippen molar-refractivity contribution in [3.63, 3.8) is 0 Å². The van der Waals surface area contributed by atoms with E-state index in [4.69, 9.17) is 10.5 Å². The Labute approximate surface area is 99.3 Å². The van der Waals surface area contributed by atoms with E-state index >= 15 is 0 Å². The lowest BCUT2D eigenvalue weighted by molar-refractivity contribution is -0.147. The molecule has 1 saturated carbocycles. The van der Waals surface area contributed by atoms with Gasteiger partial charge >= 0.3 is 0 Å². The van der Waals surface area contributed by atoms with Gasteiger partial charge in [0.25, 0.3) is 0 Å². The Morgan fingerprint density at radius 2 is 2.25 bits per heavy atom. The summed E-state index contributed by atoms with van der Waals surface area (Å²) in [6.45, 7) is 5.09. The van der Waals surface area contributed by atoms with E-state index in [-0.39, 0.29) is 5.60 Å². The minimum Gasteiger partial charge on any atom is -0.375 e. The van der Waals surface area contributed by atoms with Gasteiger partial charge in [0.2, 0.25) is 0 Å². The number of hydrogen-bond acceptors (Lipinski definition) is 3. The van der Waals surface area contributed by atoms with Gasteiger partial charge in [-0.1, -0.05) is 6.92 Å². The molecule has 2 aliphatic rings. The summed E-state index contributed by atoms with van der Waals surface area (Å²) in [5.74, 6) is 0.602. The first-order valence-corrected chi connectivity index (χ1v) is 6.69. The molecule has 1 spiro atoms. The number of rotatable bonds is 4. The highest BCUT2D eigenvalue weighted by Gasteiger charge is 2.43. The van der Waals surface area contributed by atoms with Crippen LogP contribution in [0.4, 0.5) is 0 Å². The molecule has 3 heteroatoms. The number of nitrogens with zero attached hydrogens (tertiary/aromatic N) is 1. The van der Waals surface area contributed by atoms with Crippen LogP contribution in [0, 0.1) is 5.92 Å². The summed E-state index contributed by atoms with van der Waals surface area (Å²) in [4.78, 5) is 2.50. The zero-order valence-corrected chi connectivity index (χ0v) is 10.7. The lowest BCUT2D eigenvalue weighted by Gasteiger charge is -2.49. The van der Waals surface area contributed by atoms with Crippen LogP contribution >= 0.6 is 0 Å². The lowest BCUT2D eigenvalue weighted by atomic mass is 9.73. The smallest absolute Gasteiger partial charge is 0.0697 e. The van der Waals surface area contributed by atoms with Gasteiger partial charge in [0.05, 0.1) is 5.60 Å². The number of hydrogen-bond donors (Lipinski definition) is 1. The topological polar surface area (TPSA) is 38.5 Å². The summed E-state index contributed by atoms with van der Waals surface area (Å²) in [5.41, 5.74) is 5.96. The quantitative estimate of drug-likeness (QED) is 0.791. The number of nitrogens with two attached hydrogens (primary N) is 1. The standard InChI is InChI=1S/C13H26N2O/c1-11(9-14)10-15(2)12-4-7-16-13(8-12)5-3-6-13/h11-12H,3-10,14H2,1-2H3. The van der Waals surface area contributed by atoms with Crippen molar-refractivity contribution < 1.29 is 4.74 Å². The minimum atomic E-state index is 0.267. The van der Waals surface area contributed by atoms with Crippen LogP contribution in [0.1, 0.15) is 39.0 Å². The van der Waals surface area contributed by atoms with Crippen molar-refractivity contribution in [1.29, 1.82) is 0 Å². The summed E-state index contributed by atoms with van der Waals surface area (Å²) >= 11 is 0. The van der Waals surface area contributed by atoms with E-state index in [1.807, 2.05) is 0 Å². The van der Waals surface area contributed by atoms with E-state index in [0.717, 1.165) is 19.7 Å². The summed E-state index contributed by atoms with van der Waals surface area (Å²) in [6, 6.07) is 0.711. The maximum atomic E-state index is 5.96. The van der Waals surface area contributed by atoms with Crippen LogP contribution in [-0.2, 0) is 4.74 Å². The van der Waals surface area contributed by atoms with Gasteiger partial charge in [-0.3, -0.25) is 0 Å². The van der Waals surface area contributed by atoms with Gasteiger partial charge in [0.15, 0.2) is 0 Å². The van der Waals surface area contributed by atoms with Gasteiger partial charge in [-0.05, 0) is 51.6 Å². The van der Waals surface area contributed by atoms with Crippen LogP contribution in [0.2, 0.25) is 0 Å². The summed E-state index contributed by atoms with van der Waals surface area (Å²) < 4.78 is 5.96. The van der Waals surface area contributed by atoms with Crippen molar-refractivity contribution in [3.8, 4) is 0 Å². The first-order chi connectivity index (χ1) is 7.65. The fraction of sp³-hybridized carbons (Fsp3) is 1.00. The van der Waals surface area contributed by atoms with E-state index in [9.17, 15) is 0 Å². The average Bonchev–Trinajstić information content (AvgIpc) is 2.27. The molecule has 0 aromatic carbocycles. The Morgan fingerprint density at radius 3 is 2.81 bits per heavy atom. The van der Waals surface area contributed by atoms with Gasteiger partial charge in [-0.2, -0.15) is 0 Å². The van der Waals surface area contributed by atoms with Gasteiger partial charge in [0.1, 0.15) is 0 Å². The summed E-state index contributed by atoms with van der Waals surface area (Å²) in [7, 11) is 2.24. The highest BCUT2D eigenvalue weighted by molar-refractivity contribution is 4.96. The second kappa shape index (κ2) is 5.03. The van der Waals surface area contributed by atoms with Crippen molar-refractivity contribution in [2.75, 3.05) is 26.7 Å². The van der Waals surface area contributed by atoms with E-state index in [0.29, 0.717) is 12.0 Å². The van der Waals surface area contributed by atoms with E-state index < -0.39 is 0 Å². The maximum absolute atomic E-state index is 5.96. The van der Waals surface area contributed by atoms with Crippen LogP contribution in [0.15, 0.2) is 0 Å². The highest BCUT2D eigenvalue weighted by atomic mass is 16.5. The molecule has 2 N–H and O–H groups in total. The Hall–Kier alpha value is -0.120. The molecule has 0 bridgehead atoms. The Bertz CT molecular complexity index is 228. The first-order valence-electron chi connectivity index (χ1n) is 6.69. The van der Waals surface area contributed by atoms with Crippen LogP contribution in [0.25, 0.3) is 0 Å². The van der Waals surface area contributed by atoms with Crippen molar-refractivity contribution in [2.45, 2.75) is 50.7 Å². The fourth-order valence-electron chi connectivity index (χ4n) is 3.01. The van der Waals surface area contributed by atoms with E-state index in [2.05, 4.69) is 18.9 Å². The molecule has 1 aliphatic carbocycles. The largest absolute Gasteiger partial charge is 0.375 e. The average molecular weight is 226 g/mol. The summed E-state index contributed by atoms with van der Waals surface area (Å²) in [6.07, 6.45) is 6.35. The molecule has 2 rings (SSSR count). The Balaban J connectivity index is 1.84. The third-order valence-electron chi connectivity index (χ3n) is 4.36. The van der Waals surface area contributed by atoms with Gasteiger partial charge in [-0.25, -0.2) is 0 Å². The zero-order valence-electron chi connectivity index (χ0n) is 10.7. The molecule has 2 atom stereocenters. The molecule has 1 heterocycles. The van der Waals surface area contributed by atoms with Crippen LogP contribution < -0.4 is 5.73 Å². The molecule has 94 valence electrons. The molecular formula is C13H26N2O. The minimum absolute atomic E-state index is 0.267. The third-order valence-corrected chi connectivity index (χ3v) is 4.36. The molecular weight excluding hydrogens is 200 g/mol. The molecule has 0 aromatic heterocycles. The molecule has 1 aliphatic heterocycles. The van der Waals surface area contributed by atoms with Crippen LogP contribution in [0.3, 0.4) is 0 Å². The number of ether oxygens (including phenoxy) is 1. The normalized spacial score (nSPS) is 30.4. The molecule has 16 heavy (non-hydrogen) atoms. The maximum Gasteiger partial charge on any atom is 0.0697 e. The van der Waals surface area contributed by atoms with E-state index in [1.165, 1.54) is 32.1 Å². The molecule has 2 fully saturated rings. The predicted molar refractivity (Wildman–Crippen MR) is 66.4 cm³/mol. The SMILES string of the molecule is CC(CN)CN(C)C1CCOC2(CCC2)C1. The van der Waals surface area contributed by atoms with Gasteiger partial charge < -0.3 is 15.4 Å². The zero-order chi connectivity index (χ0) is 11.6. The first kappa shape index (κ1) is 12.3. The second-order valence-corrected chi connectivity index (χ2v) is 5.81. The molecule has 0 amide bonds.